The highest BCUT2D eigenvalue weighted by atomic mass is 79.9. The second kappa shape index (κ2) is 10.8. The maximum Gasteiger partial charge on any atom is 0.271 e. The first-order valence-corrected chi connectivity index (χ1v) is 12.9. The number of aliphatic imine (C=N–C) groups is 1. The summed E-state index contributed by atoms with van der Waals surface area (Å²) in [4.78, 5) is 20.6. The van der Waals surface area contributed by atoms with E-state index in [0.717, 1.165) is 37.0 Å². The van der Waals surface area contributed by atoms with Crippen LogP contribution in [-0.4, -0.2) is 17.7 Å². The molecule has 0 spiro atoms. The highest BCUT2D eigenvalue weighted by molar-refractivity contribution is 9.11. The largest absolute Gasteiger partial charge is 0.488 e. The normalized spacial score (nSPS) is 15.9. The predicted molar refractivity (Wildman–Crippen MR) is 150 cm³/mol. The van der Waals surface area contributed by atoms with Gasteiger partial charge in [-0.2, -0.15) is 0 Å². The molecule has 4 nitrogen and oxygen atoms in total. The number of hydrogen-bond acceptors (Lipinski definition) is 4. The molecular formula is C27H22Br2N2O2S. The van der Waals surface area contributed by atoms with E-state index in [0.29, 0.717) is 22.4 Å². The van der Waals surface area contributed by atoms with Crippen LogP contribution in [0.3, 0.4) is 0 Å². The lowest BCUT2D eigenvalue weighted by Gasteiger charge is -2.16. The van der Waals surface area contributed by atoms with Crippen LogP contribution in [0.15, 0.2) is 92.2 Å². The zero-order valence-corrected chi connectivity index (χ0v) is 22.7. The fourth-order valence-corrected chi connectivity index (χ4v) is 5.69. The third-order valence-electron chi connectivity index (χ3n) is 5.03. The molecule has 1 amide bonds. The zero-order valence-electron chi connectivity index (χ0n) is 18.7. The number of halogens is 2. The van der Waals surface area contributed by atoms with Gasteiger partial charge in [-0.1, -0.05) is 64.0 Å². The van der Waals surface area contributed by atoms with Crippen LogP contribution in [0.2, 0.25) is 0 Å². The Hall–Kier alpha value is -2.61. The average Bonchev–Trinajstić information content (AvgIpc) is 3.10. The molecule has 1 fully saturated rings. The molecule has 0 aliphatic carbocycles. The maximum absolute atomic E-state index is 13.6. The molecule has 3 aromatic rings. The van der Waals surface area contributed by atoms with Crippen molar-refractivity contribution in [1.82, 2.24) is 0 Å². The van der Waals surface area contributed by atoms with Crippen LogP contribution >= 0.6 is 43.6 Å². The molecule has 7 heteroatoms. The Balaban J connectivity index is 1.80. The lowest BCUT2D eigenvalue weighted by atomic mass is 10.1. The number of ether oxygens (including phenoxy) is 1. The van der Waals surface area contributed by atoms with Crippen LogP contribution in [0, 0.1) is 13.8 Å². The van der Waals surface area contributed by atoms with E-state index in [1.807, 2.05) is 80.6 Å². The molecule has 1 aliphatic heterocycles. The van der Waals surface area contributed by atoms with Crippen LogP contribution in [0.5, 0.6) is 5.75 Å². The number of amides is 1. The highest BCUT2D eigenvalue weighted by Crippen LogP contribution is 2.40. The SMILES string of the molecule is C=CCOc1c(Br)cc(Br)cc1/C=C1\SC(=Nc2ccc(C)cc2)N(c2ccc(C)cc2)C1=O. The van der Waals surface area contributed by atoms with Gasteiger partial charge in [-0.05, 0) is 84.0 Å². The third kappa shape index (κ3) is 5.54. The van der Waals surface area contributed by atoms with Gasteiger partial charge in [0.1, 0.15) is 12.4 Å². The molecule has 34 heavy (non-hydrogen) atoms. The van der Waals surface area contributed by atoms with Gasteiger partial charge in [0.15, 0.2) is 5.17 Å². The smallest absolute Gasteiger partial charge is 0.271 e. The van der Waals surface area contributed by atoms with Crippen LogP contribution in [0.1, 0.15) is 16.7 Å². The molecule has 0 radical (unpaired) electrons. The number of carbonyl (C=O) groups is 1. The first-order valence-electron chi connectivity index (χ1n) is 10.5. The van der Waals surface area contributed by atoms with Crippen molar-refractivity contribution in [3.8, 4) is 5.75 Å². The summed E-state index contributed by atoms with van der Waals surface area (Å²) in [7, 11) is 0. The zero-order chi connectivity index (χ0) is 24.2. The Kier molecular flexibility index (Phi) is 7.76. The molecular weight excluding hydrogens is 576 g/mol. The number of carbonyl (C=O) groups excluding carboxylic acids is 1. The second-order valence-electron chi connectivity index (χ2n) is 7.72. The van der Waals surface area contributed by atoms with Gasteiger partial charge >= 0.3 is 0 Å². The van der Waals surface area contributed by atoms with E-state index in [9.17, 15) is 4.79 Å². The van der Waals surface area contributed by atoms with Crippen molar-refractivity contribution in [1.29, 1.82) is 0 Å². The Morgan fingerprint density at radius 3 is 2.32 bits per heavy atom. The van der Waals surface area contributed by atoms with Crippen molar-refractivity contribution < 1.29 is 9.53 Å². The summed E-state index contributed by atoms with van der Waals surface area (Å²) in [5, 5.41) is 0.603. The number of hydrogen-bond donors (Lipinski definition) is 0. The van der Waals surface area contributed by atoms with E-state index in [-0.39, 0.29) is 5.91 Å². The fraction of sp³-hybridized carbons (Fsp3) is 0.111. The number of anilines is 1. The molecule has 4 rings (SSSR count). The van der Waals surface area contributed by atoms with E-state index < -0.39 is 0 Å². The molecule has 1 saturated heterocycles. The average molecular weight is 598 g/mol. The van der Waals surface area contributed by atoms with Crippen LogP contribution in [0.4, 0.5) is 11.4 Å². The molecule has 172 valence electrons. The summed E-state index contributed by atoms with van der Waals surface area (Å²) in [5.41, 5.74) is 4.62. The van der Waals surface area contributed by atoms with Crippen molar-refractivity contribution in [2.24, 2.45) is 4.99 Å². The molecule has 0 N–H and O–H groups in total. The summed E-state index contributed by atoms with van der Waals surface area (Å²) < 4.78 is 7.54. The fourth-order valence-electron chi connectivity index (χ4n) is 3.32. The highest BCUT2D eigenvalue weighted by Gasteiger charge is 2.35. The van der Waals surface area contributed by atoms with Gasteiger partial charge in [-0.3, -0.25) is 9.69 Å². The van der Waals surface area contributed by atoms with Crippen LogP contribution in [-0.2, 0) is 4.79 Å². The molecule has 1 aliphatic rings. The van der Waals surface area contributed by atoms with Crippen molar-refractivity contribution in [3.63, 3.8) is 0 Å². The van der Waals surface area contributed by atoms with E-state index in [1.54, 1.807) is 11.0 Å². The lowest BCUT2D eigenvalue weighted by Crippen LogP contribution is -2.28. The number of amidine groups is 1. The molecule has 0 bridgehead atoms. The summed E-state index contributed by atoms with van der Waals surface area (Å²) in [5.74, 6) is 0.514. The Morgan fingerprint density at radius 1 is 1.03 bits per heavy atom. The quantitative estimate of drug-likeness (QED) is 0.212. The van der Waals surface area contributed by atoms with Gasteiger partial charge in [0.25, 0.3) is 5.91 Å². The number of rotatable bonds is 6. The summed E-state index contributed by atoms with van der Waals surface area (Å²) in [6.45, 7) is 8.14. The number of aryl methyl sites for hydroxylation is 2. The number of benzene rings is 3. The van der Waals surface area contributed by atoms with Crippen molar-refractivity contribution in [3.05, 3.63) is 104 Å². The minimum Gasteiger partial charge on any atom is -0.488 e. The molecule has 1 heterocycles. The molecule has 0 atom stereocenters. The minimum absolute atomic E-state index is 0.134. The second-order valence-corrected chi connectivity index (χ2v) is 10.5. The van der Waals surface area contributed by atoms with Gasteiger partial charge < -0.3 is 4.74 Å². The molecule has 0 aromatic heterocycles. The van der Waals surface area contributed by atoms with Crippen molar-refractivity contribution >= 4 is 72.1 Å². The monoisotopic (exact) mass is 596 g/mol. The van der Waals surface area contributed by atoms with Crippen LogP contribution < -0.4 is 9.64 Å². The molecule has 0 saturated carbocycles. The summed E-state index contributed by atoms with van der Waals surface area (Å²) >= 11 is 8.45. The van der Waals surface area contributed by atoms with E-state index in [4.69, 9.17) is 9.73 Å². The van der Waals surface area contributed by atoms with Gasteiger partial charge in [-0.25, -0.2) is 4.99 Å². The van der Waals surface area contributed by atoms with E-state index >= 15 is 0 Å². The first kappa shape index (κ1) is 24.5. The number of thioether (sulfide) groups is 1. The predicted octanol–water partition coefficient (Wildman–Crippen LogP) is 8.20. The van der Waals surface area contributed by atoms with Crippen molar-refractivity contribution in [2.45, 2.75) is 13.8 Å². The van der Waals surface area contributed by atoms with Gasteiger partial charge in [0.05, 0.1) is 20.8 Å². The minimum atomic E-state index is -0.134. The maximum atomic E-state index is 13.6. The van der Waals surface area contributed by atoms with Gasteiger partial charge in [-0.15, -0.1) is 0 Å². The Bertz CT molecular complexity index is 1300. The van der Waals surface area contributed by atoms with Gasteiger partial charge in [0, 0.05) is 10.0 Å². The topological polar surface area (TPSA) is 41.9 Å². The first-order chi connectivity index (χ1) is 16.4. The Morgan fingerprint density at radius 2 is 1.68 bits per heavy atom. The molecule has 3 aromatic carbocycles. The molecule has 0 unspecified atom stereocenters. The Labute approximate surface area is 220 Å². The summed E-state index contributed by atoms with van der Waals surface area (Å²) in [6, 6.07) is 19.6. The standard InChI is InChI=1S/C27H22Br2N2O2S/c1-4-13-33-25-19(14-20(28)16-23(25)29)15-24-26(32)31(22-11-7-18(3)8-12-22)27(34-24)30-21-9-5-17(2)6-10-21/h4-12,14-16H,1,13H2,2-3H3/b24-15-,30-27?. The van der Waals surface area contributed by atoms with E-state index in [2.05, 4.69) is 38.4 Å². The van der Waals surface area contributed by atoms with Crippen LogP contribution in [0.25, 0.3) is 6.08 Å². The van der Waals surface area contributed by atoms with Gasteiger partial charge in [0.2, 0.25) is 0 Å². The van der Waals surface area contributed by atoms with Crippen molar-refractivity contribution in [2.75, 3.05) is 11.5 Å². The van der Waals surface area contributed by atoms with E-state index in [1.165, 1.54) is 11.8 Å². The number of nitrogens with zero attached hydrogens (tertiary/aromatic N) is 2. The lowest BCUT2D eigenvalue weighted by molar-refractivity contribution is -0.113. The summed E-state index contributed by atoms with van der Waals surface area (Å²) in [6.07, 6.45) is 3.53. The third-order valence-corrected chi connectivity index (χ3v) is 7.04.